The fourth-order valence-corrected chi connectivity index (χ4v) is 2.93. The normalized spacial score (nSPS) is 12.3. The van der Waals surface area contributed by atoms with Crippen molar-refractivity contribution in [1.29, 1.82) is 0 Å². The molecule has 0 aromatic heterocycles. The van der Waals surface area contributed by atoms with Crippen LogP contribution in [0.2, 0.25) is 0 Å². The summed E-state index contributed by atoms with van der Waals surface area (Å²) in [6, 6.07) is 0. The van der Waals surface area contributed by atoms with Crippen molar-refractivity contribution in [2.24, 2.45) is 11.5 Å². The molecule has 0 unspecified atom stereocenters. The number of ether oxygens (including phenoxy) is 3. The molecule has 0 saturated heterocycles. The Hall–Kier alpha value is -0.800. The molecule has 184 valence electrons. The van der Waals surface area contributed by atoms with Gasteiger partial charge < -0.3 is 25.7 Å². The molecule has 0 spiro atoms. The van der Waals surface area contributed by atoms with Gasteiger partial charge in [0, 0.05) is 26.2 Å². The third-order valence-electron chi connectivity index (χ3n) is 4.74. The summed E-state index contributed by atoms with van der Waals surface area (Å²) in [5, 5.41) is 0. The van der Waals surface area contributed by atoms with Crippen molar-refractivity contribution in [3.63, 3.8) is 0 Å². The monoisotopic (exact) mass is 442 g/mol. The maximum absolute atomic E-state index is 5.71. The van der Waals surface area contributed by atoms with Crippen molar-refractivity contribution in [3.8, 4) is 0 Å². The largest absolute Gasteiger partial charge is 0.378 e. The highest BCUT2D eigenvalue weighted by atomic mass is 16.5. The van der Waals surface area contributed by atoms with Crippen molar-refractivity contribution >= 4 is 0 Å². The van der Waals surface area contributed by atoms with Crippen LogP contribution in [0.15, 0.2) is 24.3 Å². The van der Waals surface area contributed by atoms with Crippen LogP contribution in [0.1, 0.15) is 39.5 Å². The number of allylic oxidation sites excluding steroid dienone is 2. The Bertz CT molecular complexity index is 372. The topological polar surface area (TPSA) is 86.2 Å². The van der Waals surface area contributed by atoms with Crippen LogP contribution in [-0.2, 0) is 14.2 Å². The highest BCUT2D eigenvalue weighted by Crippen LogP contribution is 1.95. The lowest BCUT2D eigenvalue weighted by Crippen LogP contribution is -2.30. The molecular weight excluding hydrogens is 392 g/mol. The van der Waals surface area contributed by atoms with Crippen molar-refractivity contribution < 1.29 is 14.2 Å². The van der Waals surface area contributed by atoms with E-state index in [0.717, 1.165) is 91.3 Å². The van der Waals surface area contributed by atoms with Gasteiger partial charge in [0.1, 0.15) is 0 Å². The van der Waals surface area contributed by atoms with Crippen LogP contribution in [0.4, 0.5) is 0 Å². The van der Waals surface area contributed by atoms with Gasteiger partial charge in [-0.25, -0.2) is 0 Å². The highest BCUT2D eigenvalue weighted by Gasteiger charge is 2.03. The summed E-state index contributed by atoms with van der Waals surface area (Å²) in [7, 11) is 0. The molecule has 0 heterocycles. The van der Waals surface area contributed by atoms with E-state index in [1.54, 1.807) is 0 Å². The van der Waals surface area contributed by atoms with Crippen LogP contribution in [0.25, 0.3) is 0 Å². The van der Waals surface area contributed by atoms with E-state index < -0.39 is 0 Å². The van der Waals surface area contributed by atoms with Gasteiger partial charge >= 0.3 is 0 Å². The minimum Gasteiger partial charge on any atom is -0.378 e. The molecule has 0 saturated carbocycles. The number of nitrogens with two attached hydrogens (primary N) is 2. The van der Waals surface area contributed by atoms with Crippen molar-refractivity contribution in [2.75, 3.05) is 92.0 Å². The van der Waals surface area contributed by atoms with Gasteiger partial charge in [0.25, 0.3) is 0 Å². The smallest absolute Gasteiger partial charge is 0.0701 e. The first-order valence-corrected chi connectivity index (χ1v) is 12.2. The molecule has 0 aliphatic carbocycles. The summed E-state index contributed by atoms with van der Waals surface area (Å²) < 4.78 is 17.0. The molecule has 0 radical (unpaired) electrons. The zero-order valence-corrected chi connectivity index (χ0v) is 20.3. The molecule has 0 rings (SSSR count). The Kier molecular flexibility index (Phi) is 24.8. The van der Waals surface area contributed by atoms with Crippen LogP contribution < -0.4 is 11.5 Å². The van der Waals surface area contributed by atoms with Crippen molar-refractivity contribution in [2.45, 2.75) is 39.5 Å². The first-order chi connectivity index (χ1) is 15.3. The van der Waals surface area contributed by atoms with Crippen molar-refractivity contribution in [1.82, 2.24) is 9.80 Å². The minimum absolute atomic E-state index is 0.604. The average Bonchev–Trinajstić information content (AvgIpc) is 2.78. The summed E-state index contributed by atoms with van der Waals surface area (Å²) in [6.07, 6.45) is 13.0. The summed E-state index contributed by atoms with van der Waals surface area (Å²) >= 11 is 0. The summed E-state index contributed by atoms with van der Waals surface area (Å²) in [5.74, 6) is 0. The van der Waals surface area contributed by atoms with Crippen LogP contribution in [-0.4, -0.2) is 102 Å². The molecule has 0 aromatic rings. The molecule has 0 aromatic carbocycles. The maximum Gasteiger partial charge on any atom is 0.0701 e. The lowest BCUT2D eigenvalue weighted by molar-refractivity contribution is 0.00790. The fraction of sp³-hybridized carbons (Fsp3) is 0.833. The molecule has 0 aliphatic rings. The summed E-state index contributed by atoms with van der Waals surface area (Å²) in [4.78, 5) is 4.76. The predicted octanol–water partition coefficient (Wildman–Crippen LogP) is 2.27. The van der Waals surface area contributed by atoms with E-state index in [9.17, 15) is 0 Å². The predicted molar refractivity (Wildman–Crippen MR) is 132 cm³/mol. The van der Waals surface area contributed by atoms with Gasteiger partial charge in [-0.1, -0.05) is 38.2 Å². The Labute approximate surface area is 191 Å². The minimum atomic E-state index is 0.604. The van der Waals surface area contributed by atoms with Gasteiger partial charge in [-0.2, -0.15) is 0 Å². The second-order valence-electron chi connectivity index (χ2n) is 7.48. The maximum atomic E-state index is 5.71. The van der Waals surface area contributed by atoms with Crippen molar-refractivity contribution in [3.05, 3.63) is 24.3 Å². The Balaban J connectivity index is 3.65. The molecule has 4 N–H and O–H groups in total. The van der Waals surface area contributed by atoms with Gasteiger partial charge in [0.15, 0.2) is 0 Å². The lowest BCUT2D eigenvalue weighted by atomic mass is 10.3. The second kappa shape index (κ2) is 25.5. The van der Waals surface area contributed by atoms with Gasteiger partial charge in [0.05, 0.1) is 39.6 Å². The van der Waals surface area contributed by atoms with E-state index in [1.807, 2.05) is 0 Å². The fourth-order valence-electron chi connectivity index (χ4n) is 2.93. The third kappa shape index (κ3) is 22.2. The van der Waals surface area contributed by atoms with Gasteiger partial charge in [-0.15, -0.1) is 0 Å². The van der Waals surface area contributed by atoms with E-state index in [4.69, 9.17) is 25.7 Å². The number of hydrogen-bond donors (Lipinski definition) is 2. The molecule has 31 heavy (non-hydrogen) atoms. The number of nitrogens with zero attached hydrogens (tertiary/aromatic N) is 2. The SMILES string of the molecule is CCC=CCN(CCCN)CCOCCOCCOCCN(CC=CCC)CCCN. The Morgan fingerprint density at radius 3 is 1.29 bits per heavy atom. The van der Waals surface area contributed by atoms with Gasteiger partial charge in [-0.05, 0) is 51.9 Å². The Morgan fingerprint density at radius 1 is 0.548 bits per heavy atom. The molecule has 0 fully saturated rings. The lowest BCUT2D eigenvalue weighted by Gasteiger charge is -2.20. The van der Waals surface area contributed by atoms with Gasteiger partial charge in [0.2, 0.25) is 0 Å². The van der Waals surface area contributed by atoms with E-state index >= 15 is 0 Å². The van der Waals surface area contributed by atoms with Gasteiger partial charge in [-0.3, -0.25) is 9.80 Å². The first kappa shape index (κ1) is 30.2. The van der Waals surface area contributed by atoms with E-state index in [2.05, 4.69) is 48.0 Å². The molecule has 7 heteroatoms. The van der Waals surface area contributed by atoms with Crippen LogP contribution in [0.3, 0.4) is 0 Å². The average molecular weight is 443 g/mol. The first-order valence-electron chi connectivity index (χ1n) is 12.2. The van der Waals surface area contributed by atoms with E-state index in [-0.39, 0.29) is 0 Å². The number of rotatable bonds is 24. The van der Waals surface area contributed by atoms with Crippen LogP contribution in [0.5, 0.6) is 0 Å². The van der Waals surface area contributed by atoms with E-state index in [0.29, 0.717) is 26.4 Å². The molecule has 0 bridgehead atoms. The molecule has 7 nitrogen and oxygen atoms in total. The standard InChI is InChI=1S/C24H50N4O3/c1-3-5-7-13-27(15-9-11-25)17-19-29-21-23-31-24-22-30-20-18-28(16-10-12-26)14-8-6-4-2/h5-8H,3-4,9-26H2,1-2H3. The molecular formula is C24H50N4O3. The molecule has 0 atom stereocenters. The second-order valence-corrected chi connectivity index (χ2v) is 7.48. The molecule has 0 aliphatic heterocycles. The Morgan fingerprint density at radius 2 is 0.935 bits per heavy atom. The van der Waals surface area contributed by atoms with E-state index in [1.165, 1.54) is 0 Å². The zero-order valence-electron chi connectivity index (χ0n) is 20.3. The summed E-state index contributed by atoms with van der Waals surface area (Å²) in [6.45, 7) is 15.4. The zero-order chi connectivity index (χ0) is 22.8. The number of hydrogen-bond acceptors (Lipinski definition) is 7. The van der Waals surface area contributed by atoms with Crippen LogP contribution in [0, 0.1) is 0 Å². The third-order valence-corrected chi connectivity index (χ3v) is 4.74. The summed E-state index contributed by atoms with van der Waals surface area (Å²) in [5.41, 5.74) is 11.3. The molecule has 0 amide bonds. The quantitative estimate of drug-likeness (QED) is 0.175. The highest BCUT2D eigenvalue weighted by molar-refractivity contribution is 4.84. The van der Waals surface area contributed by atoms with Crippen LogP contribution >= 0.6 is 0 Å².